The van der Waals surface area contributed by atoms with Crippen LogP contribution < -0.4 is 0 Å². The fourth-order valence-electron chi connectivity index (χ4n) is 13.8. The number of hydrogen-bond donors (Lipinski definition) is 0. The Balaban J connectivity index is 0.000000112. The molecular weight excluding hydrogens is 1040 g/mol. The number of benzene rings is 10. The van der Waals surface area contributed by atoms with Crippen LogP contribution in [0, 0.1) is 55.4 Å². The minimum atomic E-state index is 0.179. The van der Waals surface area contributed by atoms with Crippen LogP contribution in [-0.2, 0) is 46.1 Å². The lowest BCUT2D eigenvalue weighted by molar-refractivity contribution is 0.590. The fraction of sp³-hybridized carbons (Fsp3) is 0.259. The molecule has 0 unspecified atom stereocenters. The van der Waals surface area contributed by atoms with Crippen LogP contribution in [0.1, 0.15) is 97.2 Å². The SMILES string of the molecule is Cc1cc(C)c2c(c1)c1cc(C)cc(C)c1n2C.Cc1ccc2c(c1)c1cc(C)ccc1n2C.Cc1cccc2c3cccc(C)c3n(C)c12.Cn1c2ccc(C(C)(C)C)cc2c2cc(C(C)(C)C)ccc21.Cn1c2ccccc2c2ccccc21. The summed E-state index contributed by atoms with van der Waals surface area (Å²) < 4.78 is 11.5. The van der Waals surface area contributed by atoms with E-state index in [1.54, 1.807) is 0 Å². The van der Waals surface area contributed by atoms with Crippen LogP contribution in [0.5, 0.6) is 0 Å². The van der Waals surface area contributed by atoms with Gasteiger partial charge in [0.2, 0.25) is 0 Å². The number of aromatic nitrogens is 5. The summed E-state index contributed by atoms with van der Waals surface area (Å²) in [7, 11) is 10.7. The van der Waals surface area contributed by atoms with E-state index in [0.29, 0.717) is 0 Å². The second-order valence-electron chi connectivity index (χ2n) is 26.7. The third-order valence-corrected chi connectivity index (χ3v) is 18.2. The van der Waals surface area contributed by atoms with Crippen molar-refractivity contribution < 1.29 is 0 Å². The van der Waals surface area contributed by atoms with Crippen molar-refractivity contribution >= 4 is 109 Å². The first-order valence-electron chi connectivity index (χ1n) is 30.6. The number of para-hydroxylation sites is 4. The van der Waals surface area contributed by atoms with Crippen LogP contribution >= 0.6 is 0 Å². The summed E-state index contributed by atoms with van der Waals surface area (Å²) in [6.45, 7) is 31.1. The van der Waals surface area contributed by atoms with E-state index in [4.69, 9.17) is 0 Å². The maximum Gasteiger partial charge on any atom is 0.0518 e. The largest absolute Gasteiger partial charge is 0.344 e. The molecule has 5 aromatic heterocycles. The molecule has 86 heavy (non-hydrogen) atoms. The molecule has 0 radical (unpaired) electrons. The molecule has 0 amide bonds. The van der Waals surface area contributed by atoms with Gasteiger partial charge in [0.1, 0.15) is 0 Å². The highest BCUT2D eigenvalue weighted by molar-refractivity contribution is 6.13. The van der Waals surface area contributed by atoms with E-state index in [2.05, 4.69) is 337 Å². The van der Waals surface area contributed by atoms with Gasteiger partial charge in [-0.1, -0.05) is 173 Å². The van der Waals surface area contributed by atoms with Crippen molar-refractivity contribution in [3.05, 3.63) is 238 Å². The second kappa shape index (κ2) is 22.6. The third-order valence-electron chi connectivity index (χ3n) is 18.2. The Hall–Kier alpha value is -8.80. The second-order valence-corrected chi connectivity index (χ2v) is 26.7. The lowest BCUT2D eigenvalue weighted by Gasteiger charge is -2.19. The van der Waals surface area contributed by atoms with E-state index in [0.717, 1.165) is 0 Å². The molecule has 0 saturated heterocycles. The molecule has 15 rings (SSSR count). The van der Waals surface area contributed by atoms with Gasteiger partial charge in [0.15, 0.2) is 0 Å². The Morgan fingerprint density at radius 1 is 0.221 bits per heavy atom. The van der Waals surface area contributed by atoms with Crippen molar-refractivity contribution in [3.8, 4) is 0 Å². The summed E-state index contributed by atoms with van der Waals surface area (Å²) >= 11 is 0. The van der Waals surface area contributed by atoms with Crippen LogP contribution in [0.15, 0.2) is 182 Å². The number of fused-ring (bicyclic) bond motifs is 15. The molecular formula is C81H87N5. The summed E-state index contributed by atoms with van der Waals surface area (Å²) in [5, 5.41) is 13.6. The number of hydrogen-bond acceptors (Lipinski definition) is 0. The molecule has 10 aromatic carbocycles. The Morgan fingerprint density at radius 3 is 0.872 bits per heavy atom. The van der Waals surface area contributed by atoms with Crippen molar-refractivity contribution in [3.63, 3.8) is 0 Å². The topological polar surface area (TPSA) is 24.6 Å². The van der Waals surface area contributed by atoms with Gasteiger partial charge in [0, 0.05) is 122 Å². The van der Waals surface area contributed by atoms with E-state index in [9.17, 15) is 0 Å². The molecule has 0 bridgehead atoms. The molecule has 5 nitrogen and oxygen atoms in total. The first-order chi connectivity index (χ1) is 40.8. The highest BCUT2D eigenvalue weighted by Gasteiger charge is 2.20. The van der Waals surface area contributed by atoms with E-state index in [1.165, 1.54) is 165 Å². The average molecular weight is 1130 g/mol. The molecule has 0 aliphatic heterocycles. The van der Waals surface area contributed by atoms with Crippen molar-refractivity contribution in [2.24, 2.45) is 35.2 Å². The van der Waals surface area contributed by atoms with Gasteiger partial charge in [0.05, 0.1) is 22.1 Å². The molecule has 0 N–H and O–H groups in total. The van der Waals surface area contributed by atoms with Gasteiger partial charge in [0.25, 0.3) is 0 Å². The molecule has 436 valence electrons. The van der Waals surface area contributed by atoms with Crippen LogP contribution in [0.3, 0.4) is 0 Å². The zero-order valence-corrected chi connectivity index (χ0v) is 54.6. The average Bonchev–Trinajstić information content (AvgIpc) is 1.87. The van der Waals surface area contributed by atoms with Crippen molar-refractivity contribution in [2.75, 3.05) is 0 Å². The highest BCUT2D eigenvalue weighted by Crippen LogP contribution is 2.38. The molecule has 0 aliphatic rings. The van der Waals surface area contributed by atoms with Gasteiger partial charge in [-0.2, -0.15) is 0 Å². The Morgan fingerprint density at radius 2 is 0.512 bits per heavy atom. The smallest absolute Gasteiger partial charge is 0.0518 e. The zero-order valence-electron chi connectivity index (χ0n) is 54.6. The minimum absolute atomic E-state index is 0.179. The molecule has 0 saturated carbocycles. The maximum atomic E-state index is 2.38. The lowest BCUT2D eigenvalue weighted by atomic mass is 9.85. The molecule has 0 spiro atoms. The first kappa shape index (κ1) is 59.0. The quantitative estimate of drug-likeness (QED) is 0.145. The normalized spacial score (nSPS) is 11.9. The standard InChI is InChI=1S/C21H27N.C17H19N.2C15H15N.C13H11N/c1-20(2,3)14-8-10-18-16(12-14)17-13-15(21(4,5)6)9-11-19(17)22(18)7;1-10-6-12(3)16-14(8-10)15-9-11(2)7-13(4)17(15)18(16)5;1-10-4-6-14-12(8-10)13-9-11(2)5-7-15(13)16(14)3;1-10-6-4-8-12-13-9-5-7-11(2)15(13)16(3)14(10)12;1-14-12-8-4-2-6-10(12)11-7-3-5-9-13(11)14/h8-13H,1-7H3;6-9H,1-5H3;2*4-9H,1-3H3;2-9H,1H3. The predicted octanol–water partition coefficient (Wildman–Crippen LogP) is 21.7. The van der Waals surface area contributed by atoms with Gasteiger partial charge in [-0.05, 0) is 172 Å². The summed E-state index contributed by atoms with van der Waals surface area (Å²) in [4.78, 5) is 0. The van der Waals surface area contributed by atoms with E-state index < -0.39 is 0 Å². The van der Waals surface area contributed by atoms with Crippen molar-refractivity contribution in [1.29, 1.82) is 0 Å². The number of rotatable bonds is 0. The lowest BCUT2D eigenvalue weighted by Crippen LogP contribution is -2.10. The monoisotopic (exact) mass is 1130 g/mol. The summed E-state index contributed by atoms with van der Waals surface area (Å²) in [6.07, 6.45) is 0. The van der Waals surface area contributed by atoms with Gasteiger partial charge < -0.3 is 22.8 Å². The van der Waals surface area contributed by atoms with Crippen LogP contribution in [0.4, 0.5) is 0 Å². The highest BCUT2D eigenvalue weighted by atomic mass is 15.0. The van der Waals surface area contributed by atoms with E-state index in [1.807, 2.05) is 0 Å². The molecule has 0 fully saturated rings. The van der Waals surface area contributed by atoms with Crippen LogP contribution in [0.25, 0.3) is 109 Å². The zero-order chi connectivity index (χ0) is 61.4. The molecule has 15 aromatic rings. The van der Waals surface area contributed by atoms with Gasteiger partial charge in [-0.25, -0.2) is 0 Å². The summed E-state index contributed by atoms with van der Waals surface area (Å²) in [5.41, 5.74) is 27.2. The number of aryl methyl sites for hydroxylation is 13. The predicted molar refractivity (Wildman–Crippen MR) is 377 cm³/mol. The molecule has 0 atom stereocenters. The van der Waals surface area contributed by atoms with Crippen LogP contribution in [0.2, 0.25) is 0 Å². The van der Waals surface area contributed by atoms with E-state index >= 15 is 0 Å². The minimum Gasteiger partial charge on any atom is -0.344 e. The van der Waals surface area contributed by atoms with Crippen molar-refractivity contribution in [1.82, 2.24) is 22.8 Å². The molecule has 5 heteroatoms. The fourth-order valence-corrected chi connectivity index (χ4v) is 13.8. The summed E-state index contributed by atoms with van der Waals surface area (Å²) in [6, 6.07) is 66.4. The molecule has 5 heterocycles. The molecule has 0 aliphatic carbocycles. The van der Waals surface area contributed by atoms with Crippen LogP contribution in [-0.4, -0.2) is 22.8 Å². The maximum absolute atomic E-state index is 2.38. The number of nitrogens with zero attached hydrogens (tertiary/aromatic N) is 5. The Kier molecular flexibility index (Phi) is 15.5. The summed E-state index contributed by atoms with van der Waals surface area (Å²) in [5.74, 6) is 0. The van der Waals surface area contributed by atoms with Gasteiger partial charge in [-0.3, -0.25) is 0 Å². The third kappa shape index (κ3) is 10.6. The van der Waals surface area contributed by atoms with Crippen molar-refractivity contribution in [2.45, 2.75) is 108 Å². The van der Waals surface area contributed by atoms with Gasteiger partial charge >= 0.3 is 0 Å². The Labute approximate surface area is 509 Å². The van der Waals surface area contributed by atoms with Gasteiger partial charge in [-0.15, -0.1) is 0 Å². The Bertz CT molecular complexity index is 4790. The van der Waals surface area contributed by atoms with E-state index in [-0.39, 0.29) is 10.8 Å². The first-order valence-corrected chi connectivity index (χ1v) is 30.6.